The van der Waals surface area contributed by atoms with Crippen LogP contribution in [0.5, 0.6) is 0 Å². The molecule has 5 rings (SSSR count). The van der Waals surface area contributed by atoms with Gasteiger partial charge in [-0.05, 0) is 83.6 Å². The van der Waals surface area contributed by atoms with E-state index in [9.17, 15) is 9.59 Å². The first-order valence-corrected chi connectivity index (χ1v) is 14.7. The third kappa shape index (κ3) is 5.08. The number of aryl methyl sites for hydroxylation is 2. The fraction of sp³-hybridized carbons (Fsp3) is 0.217. The van der Waals surface area contributed by atoms with Crippen molar-refractivity contribution < 1.29 is 4.79 Å². The maximum atomic E-state index is 13.7. The molecule has 0 aliphatic heterocycles. The number of thioether (sulfide) groups is 1. The molecule has 1 amide bonds. The predicted octanol–water partition coefficient (Wildman–Crippen LogP) is 6.15. The first-order valence-electron chi connectivity index (χ1n) is 10.5. The van der Waals surface area contributed by atoms with Gasteiger partial charge in [-0.1, -0.05) is 27.7 Å². The van der Waals surface area contributed by atoms with Crippen molar-refractivity contribution in [3.63, 3.8) is 0 Å². The second kappa shape index (κ2) is 10.4. The molecule has 174 valence electrons. The first kappa shape index (κ1) is 23.9. The molecule has 1 aliphatic rings. The molecule has 0 saturated heterocycles. The normalized spacial score (nSPS) is 13.5. The third-order valence-electron chi connectivity index (χ3n) is 5.35. The fourth-order valence-corrected chi connectivity index (χ4v) is 7.50. The molecule has 4 aromatic rings. The van der Waals surface area contributed by atoms with Crippen LogP contribution in [0.15, 0.2) is 59.7 Å². The second-order valence-corrected chi connectivity index (χ2v) is 13.1. The monoisotopic (exact) mass is 636 g/mol. The van der Waals surface area contributed by atoms with Crippen molar-refractivity contribution in [2.24, 2.45) is 5.10 Å². The van der Waals surface area contributed by atoms with Crippen LogP contribution in [0.1, 0.15) is 28.2 Å². The van der Waals surface area contributed by atoms with Gasteiger partial charge in [-0.15, -0.1) is 22.7 Å². The van der Waals surface area contributed by atoms with Crippen LogP contribution in [0.3, 0.4) is 0 Å². The lowest BCUT2D eigenvalue weighted by Gasteiger charge is -2.13. The molecule has 0 radical (unpaired) electrons. The van der Waals surface area contributed by atoms with Gasteiger partial charge in [0.25, 0.3) is 11.5 Å². The Balaban J connectivity index is 1.45. The van der Waals surface area contributed by atoms with Crippen LogP contribution in [0, 0.1) is 0 Å². The number of nitrogens with zero attached hydrogens (tertiary/aromatic N) is 3. The number of aromatic nitrogens is 2. The van der Waals surface area contributed by atoms with E-state index in [1.807, 2.05) is 36.4 Å². The number of hydrogen-bond donors (Lipinski definition) is 1. The van der Waals surface area contributed by atoms with Crippen LogP contribution in [0.25, 0.3) is 15.9 Å². The molecule has 1 N–H and O–H groups in total. The van der Waals surface area contributed by atoms with Crippen molar-refractivity contribution in [2.45, 2.75) is 30.8 Å². The Morgan fingerprint density at radius 2 is 1.94 bits per heavy atom. The molecule has 0 atom stereocenters. The van der Waals surface area contributed by atoms with Gasteiger partial charge in [-0.3, -0.25) is 14.2 Å². The molecule has 1 aliphatic carbocycles. The number of hydrogen-bond acceptors (Lipinski definition) is 7. The van der Waals surface area contributed by atoms with Gasteiger partial charge in [0, 0.05) is 14.2 Å². The summed E-state index contributed by atoms with van der Waals surface area (Å²) < 4.78 is 3.55. The Bertz CT molecular complexity index is 1460. The zero-order valence-electron chi connectivity index (χ0n) is 17.7. The molecule has 3 heterocycles. The van der Waals surface area contributed by atoms with E-state index < -0.39 is 0 Å². The summed E-state index contributed by atoms with van der Waals surface area (Å²) in [5.74, 6) is -0.176. The van der Waals surface area contributed by atoms with Crippen LogP contribution >= 0.6 is 66.3 Å². The summed E-state index contributed by atoms with van der Waals surface area (Å²) in [5.41, 5.74) is 4.35. The van der Waals surface area contributed by atoms with Crippen molar-refractivity contribution in [1.82, 2.24) is 15.0 Å². The van der Waals surface area contributed by atoms with E-state index in [-0.39, 0.29) is 17.2 Å². The van der Waals surface area contributed by atoms with Gasteiger partial charge in [-0.25, -0.2) is 10.4 Å². The molecule has 0 saturated carbocycles. The summed E-state index contributed by atoms with van der Waals surface area (Å²) in [4.78, 5) is 34.0. The number of benzene rings is 1. The highest BCUT2D eigenvalue weighted by molar-refractivity contribution is 9.11. The fourth-order valence-electron chi connectivity index (χ4n) is 3.83. The molecule has 0 unspecified atom stereocenters. The number of thiophene rings is 2. The molecular weight excluding hydrogens is 620 g/mol. The molecule has 0 fully saturated rings. The van der Waals surface area contributed by atoms with Gasteiger partial charge in [0.15, 0.2) is 5.16 Å². The summed E-state index contributed by atoms with van der Waals surface area (Å²) >= 11 is 11.2. The maximum Gasteiger partial charge on any atom is 0.267 e. The smallest absolute Gasteiger partial charge is 0.267 e. The van der Waals surface area contributed by atoms with Crippen LogP contribution in [0.4, 0.5) is 0 Å². The number of hydrazone groups is 1. The lowest BCUT2D eigenvalue weighted by Crippen LogP contribution is -2.24. The molecule has 1 aromatic carbocycles. The van der Waals surface area contributed by atoms with Crippen LogP contribution in [-0.2, 0) is 17.6 Å². The average Bonchev–Trinajstić information content (AvgIpc) is 3.41. The zero-order valence-corrected chi connectivity index (χ0v) is 23.3. The molecule has 0 spiro atoms. The highest BCUT2D eigenvalue weighted by Gasteiger charge is 2.23. The van der Waals surface area contributed by atoms with Crippen LogP contribution < -0.4 is 11.0 Å². The zero-order chi connectivity index (χ0) is 23.7. The molecule has 3 aromatic heterocycles. The summed E-state index contributed by atoms with van der Waals surface area (Å²) in [6.07, 6.45) is 5.76. The average molecular weight is 638 g/mol. The lowest BCUT2D eigenvalue weighted by molar-refractivity contribution is -0.118. The number of amides is 1. The van der Waals surface area contributed by atoms with Crippen molar-refractivity contribution in [3.05, 3.63) is 70.3 Å². The van der Waals surface area contributed by atoms with Crippen LogP contribution in [-0.4, -0.2) is 27.4 Å². The lowest BCUT2D eigenvalue weighted by atomic mass is 9.97. The Labute approximate surface area is 224 Å². The molecule has 34 heavy (non-hydrogen) atoms. The van der Waals surface area contributed by atoms with Crippen molar-refractivity contribution >= 4 is 88.6 Å². The SMILES string of the molecule is O=C(CSc1nc2sc3c(c2c(=O)n1-c1ccc(Br)cc1)CCCC3)NN=Cc1ccc(Br)s1. The number of carbonyl (C=O) groups excluding carboxylic acids is 1. The Hall–Kier alpha value is -1.79. The van der Waals surface area contributed by atoms with Gasteiger partial charge in [0.1, 0.15) is 4.83 Å². The number of carbonyl (C=O) groups is 1. The predicted molar refractivity (Wildman–Crippen MR) is 148 cm³/mol. The van der Waals surface area contributed by atoms with Gasteiger partial charge in [0.05, 0.1) is 26.8 Å². The number of nitrogens with one attached hydrogen (secondary N) is 1. The Kier molecular flexibility index (Phi) is 7.35. The summed E-state index contributed by atoms with van der Waals surface area (Å²) in [5, 5.41) is 5.25. The summed E-state index contributed by atoms with van der Waals surface area (Å²) in [6, 6.07) is 11.4. The van der Waals surface area contributed by atoms with Crippen LogP contribution in [0.2, 0.25) is 0 Å². The number of fused-ring (bicyclic) bond motifs is 3. The van der Waals surface area contributed by atoms with Crippen molar-refractivity contribution in [3.8, 4) is 5.69 Å². The van der Waals surface area contributed by atoms with E-state index in [1.165, 1.54) is 28.0 Å². The molecule has 11 heteroatoms. The summed E-state index contributed by atoms with van der Waals surface area (Å²) in [7, 11) is 0. The third-order valence-corrected chi connectivity index (χ3v) is 9.56. The molecular formula is C23H18Br2N4O2S3. The molecule has 0 bridgehead atoms. The summed E-state index contributed by atoms with van der Waals surface area (Å²) in [6.45, 7) is 0. The molecule has 6 nitrogen and oxygen atoms in total. The van der Waals surface area contributed by atoms with E-state index in [4.69, 9.17) is 4.98 Å². The largest absolute Gasteiger partial charge is 0.272 e. The maximum absolute atomic E-state index is 13.7. The minimum absolute atomic E-state index is 0.0732. The van der Waals surface area contributed by atoms with E-state index in [2.05, 4.69) is 42.4 Å². The standard InChI is InChI=1S/C23H18Br2N4O2S3/c24-13-5-7-14(8-6-13)29-22(31)20-16-3-1-2-4-17(16)34-21(20)27-23(29)32-12-19(30)28-26-11-15-9-10-18(25)33-15/h5-11H,1-4,12H2,(H,28,30). The van der Waals surface area contributed by atoms with E-state index in [1.54, 1.807) is 22.1 Å². The first-order chi connectivity index (χ1) is 16.5. The minimum atomic E-state index is -0.265. The van der Waals surface area contributed by atoms with Gasteiger partial charge in [0.2, 0.25) is 0 Å². The quantitative estimate of drug-likeness (QED) is 0.119. The van der Waals surface area contributed by atoms with Crippen molar-refractivity contribution in [1.29, 1.82) is 0 Å². The topological polar surface area (TPSA) is 76.3 Å². The van der Waals surface area contributed by atoms with E-state index >= 15 is 0 Å². The Morgan fingerprint density at radius 1 is 1.15 bits per heavy atom. The van der Waals surface area contributed by atoms with E-state index in [0.29, 0.717) is 5.16 Å². The number of rotatable bonds is 6. The van der Waals surface area contributed by atoms with Gasteiger partial charge < -0.3 is 0 Å². The highest BCUT2D eigenvalue weighted by Crippen LogP contribution is 2.35. The van der Waals surface area contributed by atoms with Crippen molar-refractivity contribution in [2.75, 3.05) is 5.75 Å². The van der Waals surface area contributed by atoms with E-state index in [0.717, 1.165) is 60.3 Å². The number of halogens is 2. The van der Waals surface area contributed by atoms with Gasteiger partial charge >= 0.3 is 0 Å². The Morgan fingerprint density at radius 3 is 2.71 bits per heavy atom. The van der Waals surface area contributed by atoms with Gasteiger partial charge in [-0.2, -0.15) is 5.10 Å². The highest BCUT2D eigenvalue weighted by atomic mass is 79.9. The minimum Gasteiger partial charge on any atom is -0.272 e. The second-order valence-electron chi connectivity index (χ2n) is 7.63.